The van der Waals surface area contributed by atoms with E-state index in [1.54, 1.807) is 12.4 Å². The molecule has 30 heavy (non-hydrogen) atoms. The summed E-state index contributed by atoms with van der Waals surface area (Å²) in [5, 5.41) is 8.60. The molecule has 1 aromatic carbocycles. The number of aryl methyl sites for hydroxylation is 2. The molecule has 3 aromatic heterocycles. The molecule has 1 fully saturated rings. The van der Waals surface area contributed by atoms with Gasteiger partial charge in [-0.15, -0.1) is 0 Å². The fourth-order valence-corrected chi connectivity index (χ4v) is 3.91. The fraction of sp³-hybridized carbons (Fsp3) is 0.364. The molecule has 0 unspecified atom stereocenters. The largest absolute Gasteiger partial charge is 0.413 e. The van der Waals surface area contributed by atoms with Crippen LogP contribution in [0.3, 0.4) is 0 Å². The molecule has 0 spiro atoms. The zero-order valence-corrected chi connectivity index (χ0v) is 17.5. The molecule has 2 N–H and O–H groups in total. The summed E-state index contributed by atoms with van der Waals surface area (Å²) >= 11 is 0. The molecule has 1 amide bonds. The second-order valence-electron chi connectivity index (χ2n) is 8.61. The number of carbonyl (C=O) groups is 1. The Morgan fingerprint density at radius 2 is 2.13 bits per heavy atom. The molecule has 0 aliphatic heterocycles. The van der Waals surface area contributed by atoms with E-state index in [0.717, 1.165) is 29.4 Å². The molecular formula is C22H24N6O2. The molecule has 8 nitrogen and oxygen atoms in total. The number of rotatable bonds is 4. The van der Waals surface area contributed by atoms with Gasteiger partial charge in [0, 0.05) is 24.2 Å². The van der Waals surface area contributed by atoms with Gasteiger partial charge in [-0.2, -0.15) is 5.10 Å². The Hall–Kier alpha value is -3.42. The highest BCUT2D eigenvalue weighted by molar-refractivity contribution is 5.94. The zero-order valence-electron chi connectivity index (χ0n) is 17.5. The molecule has 4 aromatic rings. The van der Waals surface area contributed by atoms with E-state index in [9.17, 15) is 4.79 Å². The molecule has 0 atom stereocenters. The van der Waals surface area contributed by atoms with Gasteiger partial charge in [-0.05, 0) is 51.2 Å². The van der Waals surface area contributed by atoms with Gasteiger partial charge in [0.1, 0.15) is 11.4 Å². The summed E-state index contributed by atoms with van der Waals surface area (Å²) in [4.78, 5) is 24.6. The second kappa shape index (κ2) is 6.55. The Morgan fingerprint density at radius 3 is 2.90 bits per heavy atom. The minimum atomic E-state index is -0.487. The number of hydrogen-bond donors (Lipinski definition) is 2. The Morgan fingerprint density at radius 1 is 1.33 bits per heavy atom. The molecule has 0 saturated heterocycles. The standard InChI is InChI=1S/C22H24N6O2/c1-12-5-8-14-16(9-12)28(4)27-18(14)15-10-23-20-19(25-15)17(11-24-20)30-21(29)26-22(2,3)13-6-7-13/h5,8-11,13H,6-7H2,1-4H3,(H,23,24)(H,26,29). The topological polar surface area (TPSA) is 97.7 Å². The molecule has 5 rings (SSSR count). The molecule has 3 heterocycles. The van der Waals surface area contributed by atoms with Gasteiger partial charge in [-0.1, -0.05) is 12.1 Å². The van der Waals surface area contributed by atoms with Crippen molar-refractivity contribution in [2.75, 3.05) is 0 Å². The predicted octanol–water partition coefficient (Wildman–Crippen LogP) is 4.10. The average molecular weight is 404 g/mol. The maximum Gasteiger partial charge on any atom is 0.413 e. The highest BCUT2D eigenvalue weighted by atomic mass is 16.6. The number of carbonyl (C=O) groups excluding carboxylic acids is 1. The summed E-state index contributed by atoms with van der Waals surface area (Å²) in [6.07, 6.45) is 5.07. The monoisotopic (exact) mass is 404 g/mol. The average Bonchev–Trinajstić information content (AvgIpc) is 3.43. The van der Waals surface area contributed by atoms with Gasteiger partial charge in [0.05, 0.1) is 11.7 Å². The third kappa shape index (κ3) is 3.18. The quantitative estimate of drug-likeness (QED) is 0.534. The van der Waals surface area contributed by atoms with Crippen LogP contribution in [0.2, 0.25) is 0 Å². The van der Waals surface area contributed by atoms with Crippen LogP contribution in [-0.4, -0.2) is 36.4 Å². The number of H-pyrrole nitrogens is 1. The van der Waals surface area contributed by atoms with E-state index in [2.05, 4.69) is 39.4 Å². The molecule has 8 heteroatoms. The number of hydrogen-bond acceptors (Lipinski definition) is 5. The lowest BCUT2D eigenvalue weighted by molar-refractivity contribution is 0.185. The number of aromatic nitrogens is 5. The van der Waals surface area contributed by atoms with E-state index in [-0.39, 0.29) is 5.54 Å². The fourth-order valence-electron chi connectivity index (χ4n) is 3.91. The van der Waals surface area contributed by atoms with E-state index in [1.807, 2.05) is 31.6 Å². The molecule has 154 valence electrons. The van der Waals surface area contributed by atoms with Gasteiger partial charge in [-0.3, -0.25) is 4.68 Å². The minimum absolute atomic E-state index is 0.287. The van der Waals surface area contributed by atoms with Crippen molar-refractivity contribution in [3.05, 3.63) is 36.2 Å². The van der Waals surface area contributed by atoms with Crippen LogP contribution in [0.5, 0.6) is 5.75 Å². The lowest BCUT2D eigenvalue weighted by Crippen LogP contribution is -2.46. The van der Waals surface area contributed by atoms with Crippen LogP contribution < -0.4 is 10.1 Å². The summed E-state index contributed by atoms with van der Waals surface area (Å²) in [6, 6.07) is 6.19. The van der Waals surface area contributed by atoms with Gasteiger partial charge >= 0.3 is 6.09 Å². The SMILES string of the molecule is Cc1ccc2c(-c3cnc4[nH]cc(OC(=O)NC(C)(C)C5CC5)c4n3)nn(C)c2c1. The van der Waals surface area contributed by atoms with E-state index in [0.29, 0.717) is 28.5 Å². The number of ether oxygens (including phenoxy) is 1. The lowest BCUT2D eigenvalue weighted by Gasteiger charge is -2.25. The molecular weight excluding hydrogens is 380 g/mol. The number of aromatic amines is 1. The van der Waals surface area contributed by atoms with E-state index in [4.69, 9.17) is 9.72 Å². The highest BCUT2D eigenvalue weighted by Gasteiger charge is 2.39. The highest BCUT2D eigenvalue weighted by Crippen LogP contribution is 2.39. The van der Waals surface area contributed by atoms with Crippen molar-refractivity contribution in [3.8, 4) is 17.1 Å². The van der Waals surface area contributed by atoms with Gasteiger partial charge in [0.15, 0.2) is 16.9 Å². The lowest BCUT2D eigenvalue weighted by atomic mass is 9.99. The van der Waals surface area contributed by atoms with Crippen molar-refractivity contribution >= 4 is 28.2 Å². The molecule has 1 saturated carbocycles. The normalized spacial score (nSPS) is 14.4. The van der Waals surface area contributed by atoms with Gasteiger partial charge < -0.3 is 15.0 Å². The van der Waals surface area contributed by atoms with Crippen LogP contribution in [0.4, 0.5) is 4.79 Å². The molecule has 1 aliphatic carbocycles. The molecule has 1 aliphatic rings. The maximum absolute atomic E-state index is 12.5. The summed E-state index contributed by atoms with van der Waals surface area (Å²) in [5.41, 5.74) is 4.33. The Kier molecular flexibility index (Phi) is 4.06. The number of amides is 1. The van der Waals surface area contributed by atoms with Crippen LogP contribution in [-0.2, 0) is 7.05 Å². The number of benzene rings is 1. The number of nitrogens with one attached hydrogen (secondary N) is 2. The summed E-state index contributed by atoms with van der Waals surface area (Å²) in [5.74, 6) is 0.847. The van der Waals surface area contributed by atoms with Crippen molar-refractivity contribution in [2.24, 2.45) is 13.0 Å². The van der Waals surface area contributed by atoms with Crippen molar-refractivity contribution in [1.82, 2.24) is 30.0 Å². The number of fused-ring (bicyclic) bond motifs is 2. The molecule has 0 bridgehead atoms. The zero-order chi connectivity index (χ0) is 21.0. The van der Waals surface area contributed by atoms with Gasteiger partial charge in [0.25, 0.3) is 0 Å². The summed E-state index contributed by atoms with van der Waals surface area (Å²) < 4.78 is 7.41. The predicted molar refractivity (Wildman–Crippen MR) is 114 cm³/mol. The third-order valence-electron chi connectivity index (χ3n) is 5.82. The van der Waals surface area contributed by atoms with Crippen LogP contribution in [0.1, 0.15) is 32.3 Å². The van der Waals surface area contributed by atoms with Crippen LogP contribution >= 0.6 is 0 Å². The van der Waals surface area contributed by atoms with Crippen molar-refractivity contribution in [3.63, 3.8) is 0 Å². The van der Waals surface area contributed by atoms with E-state index >= 15 is 0 Å². The minimum Gasteiger partial charge on any atom is -0.406 e. The first kappa shape index (κ1) is 18.6. The first-order valence-corrected chi connectivity index (χ1v) is 10.1. The Balaban J connectivity index is 1.49. The van der Waals surface area contributed by atoms with Gasteiger partial charge in [-0.25, -0.2) is 14.8 Å². The molecule has 0 radical (unpaired) electrons. The smallest absolute Gasteiger partial charge is 0.406 e. The third-order valence-corrected chi connectivity index (χ3v) is 5.82. The van der Waals surface area contributed by atoms with Crippen molar-refractivity contribution in [1.29, 1.82) is 0 Å². The second-order valence-corrected chi connectivity index (χ2v) is 8.61. The van der Waals surface area contributed by atoms with Crippen molar-refractivity contribution < 1.29 is 9.53 Å². The van der Waals surface area contributed by atoms with Gasteiger partial charge in [0.2, 0.25) is 0 Å². The first-order valence-electron chi connectivity index (χ1n) is 10.1. The summed E-state index contributed by atoms with van der Waals surface area (Å²) in [7, 11) is 1.91. The summed E-state index contributed by atoms with van der Waals surface area (Å²) in [6.45, 7) is 6.09. The Labute approximate surface area is 173 Å². The Bertz CT molecular complexity index is 1280. The maximum atomic E-state index is 12.5. The van der Waals surface area contributed by atoms with Crippen LogP contribution in [0.25, 0.3) is 33.5 Å². The number of nitrogens with zero attached hydrogens (tertiary/aromatic N) is 4. The van der Waals surface area contributed by atoms with Crippen LogP contribution in [0, 0.1) is 12.8 Å². The van der Waals surface area contributed by atoms with E-state index in [1.165, 1.54) is 5.56 Å². The first-order chi connectivity index (χ1) is 14.3. The van der Waals surface area contributed by atoms with Crippen LogP contribution in [0.15, 0.2) is 30.6 Å². The van der Waals surface area contributed by atoms with E-state index < -0.39 is 6.09 Å². The van der Waals surface area contributed by atoms with Crippen molar-refractivity contribution in [2.45, 2.75) is 39.2 Å².